The SMILES string of the molecule is CCc1ccc(-c2noc(COC(=O)Cc3c[nH]c4ccccc34)n2)cc1. The first-order chi connectivity index (χ1) is 13.2. The zero-order valence-electron chi connectivity index (χ0n) is 14.9. The van der Waals surface area contributed by atoms with E-state index in [9.17, 15) is 4.79 Å². The van der Waals surface area contributed by atoms with Crippen LogP contribution in [-0.2, 0) is 29.0 Å². The smallest absolute Gasteiger partial charge is 0.310 e. The van der Waals surface area contributed by atoms with Crippen LogP contribution in [0.15, 0.2) is 59.3 Å². The summed E-state index contributed by atoms with van der Waals surface area (Å²) in [6.45, 7) is 2.06. The number of nitrogens with zero attached hydrogens (tertiary/aromatic N) is 2. The molecule has 2 heterocycles. The molecule has 0 aliphatic heterocycles. The van der Waals surface area contributed by atoms with Gasteiger partial charge in [-0.05, 0) is 23.6 Å². The summed E-state index contributed by atoms with van der Waals surface area (Å²) in [4.78, 5) is 19.6. The van der Waals surface area contributed by atoms with Gasteiger partial charge in [0.1, 0.15) is 0 Å². The third kappa shape index (κ3) is 3.74. The van der Waals surface area contributed by atoms with Crippen molar-refractivity contribution in [1.29, 1.82) is 0 Å². The Morgan fingerprint density at radius 3 is 2.78 bits per heavy atom. The molecule has 4 rings (SSSR count). The van der Waals surface area contributed by atoms with Crippen molar-refractivity contribution in [1.82, 2.24) is 15.1 Å². The second kappa shape index (κ2) is 7.45. The zero-order chi connectivity index (χ0) is 18.6. The Morgan fingerprint density at radius 2 is 1.96 bits per heavy atom. The second-order valence-electron chi connectivity index (χ2n) is 6.26. The van der Waals surface area contributed by atoms with Gasteiger partial charge in [-0.3, -0.25) is 4.79 Å². The fourth-order valence-corrected chi connectivity index (χ4v) is 2.95. The molecule has 136 valence electrons. The largest absolute Gasteiger partial charge is 0.455 e. The van der Waals surface area contributed by atoms with Crippen molar-refractivity contribution >= 4 is 16.9 Å². The summed E-state index contributed by atoms with van der Waals surface area (Å²) in [5, 5.41) is 4.97. The maximum Gasteiger partial charge on any atom is 0.310 e. The molecule has 0 aliphatic carbocycles. The van der Waals surface area contributed by atoms with Crippen molar-refractivity contribution < 1.29 is 14.1 Å². The van der Waals surface area contributed by atoms with Gasteiger partial charge >= 0.3 is 5.97 Å². The van der Waals surface area contributed by atoms with Crippen LogP contribution in [0.1, 0.15) is 23.9 Å². The molecule has 0 fully saturated rings. The fraction of sp³-hybridized carbons (Fsp3) is 0.190. The van der Waals surface area contributed by atoms with Crippen molar-refractivity contribution in [2.45, 2.75) is 26.4 Å². The predicted molar refractivity (Wildman–Crippen MR) is 101 cm³/mol. The Hall–Kier alpha value is -3.41. The quantitative estimate of drug-likeness (QED) is 0.524. The zero-order valence-corrected chi connectivity index (χ0v) is 14.9. The molecule has 0 bridgehead atoms. The molecule has 0 amide bonds. The number of hydrogen-bond donors (Lipinski definition) is 1. The highest BCUT2D eigenvalue weighted by Gasteiger charge is 2.13. The third-order valence-electron chi connectivity index (χ3n) is 4.45. The van der Waals surface area contributed by atoms with E-state index < -0.39 is 0 Å². The van der Waals surface area contributed by atoms with Crippen LogP contribution < -0.4 is 0 Å². The van der Waals surface area contributed by atoms with Crippen molar-refractivity contribution in [2.75, 3.05) is 0 Å². The Kier molecular flexibility index (Phi) is 4.70. The summed E-state index contributed by atoms with van der Waals surface area (Å²) < 4.78 is 10.5. The molecule has 2 aromatic carbocycles. The van der Waals surface area contributed by atoms with Crippen molar-refractivity contribution in [3.63, 3.8) is 0 Å². The van der Waals surface area contributed by atoms with Crippen LogP contribution >= 0.6 is 0 Å². The molecule has 6 nitrogen and oxygen atoms in total. The average Bonchev–Trinajstić information content (AvgIpc) is 3.34. The minimum Gasteiger partial charge on any atom is -0.455 e. The molecular formula is C21H19N3O3. The number of ether oxygens (including phenoxy) is 1. The lowest BCUT2D eigenvalue weighted by atomic mass is 10.1. The summed E-state index contributed by atoms with van der Waals surface area (Å²) in [5.41, 5.74) is 4.01. The normalized spacial score (nSPS) is 11.0. The molecular weight excluding hydrogens is 342 g/mol. The Bertz CT molecular complexity index is 1060. The molecule has 1 N–H and O–H groups in total. The van der Waals surface area contributed by atoms with E-state index in [4.69, 9.17) is 9.26 Å². The van der Waals surface area contributed by atoms with Crippen LogP contribution in [0.3, 0.4) is 0 Å². The lowest BCUT2D eigenvalue weighted by Crippen LogP contribution is -2.07. The first kappa shape index (κ1) is 17.0. The maximum atomic E-state index is 12.1. The number of rotatable bonds is 6. The van der Waals surface area contributed by atoms with Gasteiger partial charge in [-0.2, -0.15) is 4.98 Å². The lowest BCUT2D eigenvalue weighted by molar-refractivity contribution is -0.144. The minimum absolute atomic E-state index is 0.0404. The molecule has 27 heavy (non-hydrogen) atoms. The van der Waals surface area contributed by atoms with E-state index >= 15 is 0 Å². The average molecular weight is 361 g/mol. The molecule has 0 saturated heterocycles. The van der Waals surface area contributed by atoms with Crippen LogP contribution in [0, 0.1) is 0 Å². The summed E-state index contributed by atoms with van der Waals surface area (Å²) in [6.07, 6.45) is 2.99. The van der Waals surface area contributed by atoms with E-state index in [0.29, 0.717) is 5.82 Å². The van der Waals surface area contributed by atoms with Gasteiger partial charge in [0.05, 0.1) is 6.42 Å². The summed E-state index contributed by atoms with van der Waals surface area (Å²) in [5.74, 6) is 0.420. The lowest BCUT2D eigenvalue weighted by Gasteiger charge is -2.01. The highest BCUT2D eigenvalue weighted by Crippen LogP contribution is 2.19. The number of aromatic amines is 1. The minimum atomic E-state index is -0.341. The highest BCUT2D eigenvalue weighted by atomic mass is 16.6. The molecule has 4 aromatic rings. The monoisotopic (exact) mass is 361 g/mol. The van der Waals surface area contributed by atoms with Gasteiger partial charge in [0.15, 0.2) is 6.61 Å². The second-order valence-corrected chi connectivity index (χ2v) is 6.26. The molecule has 0 aliphatic rings. The molecule has 0 saturated carbocycles. The first-order valence-electron chi connectivity index (χ1n) is 8.85. The van der Waals surface area contributed by atoms with Gasteiger partial charge in [0.2, 0.25) is 5.82 Å². The van der Waals surface area contributed by atoms with E-state index in [2.05, 4.69) is 22.0 Å². The van der Waals surface area contributed by atoms with Crippen LogP contribution in [0.2, 0.25) is 0 Å². The third-order valence-corrected chi connectivity index (χ3v) is 4.45. The number of H-pyrrole nitrogens is 1. The van der Waals surface area contributed by atoms with Crippen LogP contribution in [-0.4, -0.2) is 21.1 Å². The number of carbonyl (C=O) groups is 1. The number of para-hydroxylation sites is 1. The molecule has 0 spiro atoms. The van der Waals surface area contributed by atoms with Crippen molar-refractivity contribution in [2.24, 2.45) is 0 Å². The summed E-state index contributed by atoms with van der Waals surface area (Å²) >= 11 is 0. The van der Waals surface area contributed by atoms with Gasteiger partial charge in [-0.1, -0.05) is 54.5 Å². The van der Waals surface area contributed by atoms with Gasteiger partial charge in [0.25, 0.3) is 5.89 Å². The van der Waals surface area contributed by atoms with Crippen LogP contribution in [0.4, 0.5) is 0 Å². The number of carbonyl (C=O) groups excluding carboxylic acids is 1. The van der Waals surface area contributed by atoms with Gasteiger partial charge in [0, 0.05) is 22.7 Å². The molecule has 0 unspecified atom stereocenters. The molecule has 6 heteroatoms. The fourth-order valence-electron chi connectivity index (χ4n) is 2.95. The van der Waals surface area contributed by atoms with Gasteiger partial charge in [-0.25, -0.2) is 0 Å². The number of fused-ring (bicyclic) bond motifs is 1. The van der Waals surface area contributed by atoms with E-state index in [0.717, 1.165) is 28.5 Å². The number of aryl methyl sites for hydroxylation is 1. The number of esters is 1. The standard InChI is InChI=1S/C21H19N3O3/c1-2-14-7-9-15(10-8-14)21-23-19(27-24-21)13-26-20(25)11-16-12-22-18-6-4-3-5-17(16)18/h3-10,12,22H,2,11,13H2,1H3. The Labute approximate surface area is 156 Å². The number of benzene rings is 2. The Morgan fingerprint density at radius 1 is 1.15 bits per heavy atom. The number of nitrogens with one attached hydrogen (secondary N) is 1. The first-order valence-corrected chi connectivity index (χ1v) is 8.85. The van der Waals surface area contributed by atoms with E-state index in [1.165, 1.54) is 5.56 Å². The highest BCUT2D eigenvalue weighted by molar-refractivity contribution is 5.87. The van der Waals surface area contributed by atoms with Crippen molar-refractivity contribution in [3.8, 4) is 11.4 Å². The molecule has 2 aromatic heterocycles. The topological polar surface area (TPSA) is 81.0 Å². The summed E-state index contributed by atoms with van der Waals surface area (Å²) in [6, 6.07) is 15.8. The Balaban J connectivity index is 1.37. The maximum absolute atomic E-state index is 12.1. The summed E-state index contributed by atoms with van der Waals surface area (Å²) in [7, 11) is 0. The van der Waals surface area contributed by atoms with Crippen molar-refractivity contribution in [3.05, 3.63) is 71.7 Å². The molecule has 0 radical (unpaired) electrons. The number of hydrogen-bond acceptors (Lipinski definition) is 5. The number of aromatic nitrogens is 3. The molecule has 0 atom stereocenters. The van der Waals surface area contributed by atoms with Crippen LogP contribution in [0.25, 0.3) is 22.3 Å². The van der Waals surface area contributed by atoms with Gasteiger partial charge < -0.3 is 14.2 Å². The van der Waals surface area contributed by atoms with Crippen LogP contribution in [0.5, 0.6) is 0 Å². The van der Waals surface area contributed by atoms with E-state index in [1.807, 2.05) is 54.7 Å². The predicted octanol–water partition coefficient (Wildman–Crippen LogP) is 4.07. The van der Waals surface area contributed by atoms with E-state index in [-0.39, 0.29) is 24.9 Å². The van der Waals surface area contributed by atoms with E-state index in [1.54, 1.807) is 0 Å². The van der Waals surface area contributed by atoms with Gasteiger partial charge in [-0.15, -0.1) is 0 Å².